The van der Waals surface area contributed by atoms with Crippen LogP contribution in [0.3, 0.4) is 0 Å². The van der Waals surface area contributed by atoms with Gasteiger partial charge in [-0.1, -0.05) is 78.5 Å². The molecule has 4 nitrogen and oxygen atoms in total. The summed E-state index contributed by atoms with van der Waals surface area (Å²) in [6.07, 6.45) is 0.966. The van der Waals surface area contributed by atoms with Crippen LogP contribution in [0.5, 0.6) is 11.5 Å². The molecule has 3 aromatic rings. The number of carbonyl (C=O) groups is 1. The maximum atomic E-state index is 13.9. The van der Waals surface area contributed by atoms with Crippen LogP contribution in [-0.4, -0.2) is 28.3 Å². The molecule has 0 aliphatic carbocycles. The first kappa shape index (κ1) is 18.9. The summed E-state index contributed by atoms with van der Waals surface area (Å²) in [4.78, 5) is 20.6. The second kappa shape index (κ2) is 8.36. The highest BCUT2D eigenvalue weighted by molar-refractivity contribution is 8.13. The van der Waals surface area contributed by atoms with Gasteiger partial charge in [-0.3, -0.25) is 14.7 Å². The van der Waals surface area contributed by atoms with Crippen molar-refractivity contribution in [2.75, 3.05) is 12.3 Å². The number of amides is 1. The molecule has 2 aliphatic rings. The Balaban J connectivity index is 1.50. The Hall–Kier alpha value is -3.05. The lowest BCUT2D eigenvalue weighted by atomic mass is 9.87. The largest absolute Gasteiger partial charge is 0.457 e. The zero-order valence-electron chi connectivity index (χ0n) is 16.5. The van der Waals surface area contributed by atoms with Crippen LogP contribution in [0.2, 0.25) is 0 Å². The lowest BCUT2D eigenvalue weighted by Gasteiger charge is -2.34. The molecule has 0 atom stereocenters. The van der Waals surface area contributed by atoms with Crippen molar-refractivity contribution in [1.29, 1.82) is 0 Å². The molecule has 0 radical (unpaired) electrons. The van der Waals surface area contributed by atoms with Gasteiger partial charge in [0.1, 0.15) is 11.5 Å². The Morgan fingerprint density at radius 3 is 2.27 bits per heavy atom. The summed E-state index contributed by atoms with van der Waals surface area (Å²) in [6, 6.07) is 25.8. The van der Waals surface area contributed by atoms with Crippen molar-refractivity contribution in [2.45, 2.75) is 18.9 Å². The van der Waals surface area contributed by atoms with E-state index < -0.39 is 0 Å². The highest BCUT2D eigenvalue weighted by Gasteiger charge is 2.37. The molecule has 3 aromatic carbocycles. The van der Waals surface area contributed by atoms with E-state index >= 15 is 0 Å². The van der Waals surface area contributed by atoms with E-state index in [9.17, 15) is 4.79 Å². The third kappa shape index (κ3) is 3.61. The molecule has 0 unspecified atom stereocenters. The Labute approximate surface area is 180 Å². The number of benzene rings is 3. The van der Waals surface area contributed by atoms with Crippen LogP contribution < -0.4 is 4.74 Å². The number of nitrogens with zero attached hydrogens (tertiary/aromatic N) is 2. The molecule has 5 rings (SSSR count). The van der Waals surface area contributed by atoms with Crippen LogP contribution in [0.1, 0.15) is 29.0 Å². The average Bonchev–Trinajstić information content (AvgIpc) is 2.81. The zero-order chi connectivity index (χ0) is 20.3. The van der Waals surface area contributed by atoms with Crippen molar-refractivity contribution in [3.05, 3.63) is 95.6 Å². The van der Waals surface area contributed by atoms with E-state index in [2.05, 4.69) is 12.1 Å². The van der Waals surface area contributed by atoms with Gasteiger partial charge in [0.05, 0.1) is 12.5 Å². The third-order valence-corrected chi connectivity index (χ3v) is 6.52. The first-order chi connectivity index (χ1) is 14.8. The molecule has 0 spiro atoms. The molecule has 0 N–H and O–H groups in total. The van der Waals surface area contributed by atoms with E-state index in [1.807, 2.05) is 71.6 Å². The Morgan fingerprint density at radius 2 is 1.57 bits per heavy atom. The SMILES string of the molecule is O=C(C1c2ccccc2Oc2ccccc21)N1CCCSC1=NCc1ccccc1. The molecule has 2 aliphatic heterocycles. The number of aliphatic imine (C=N–C) groups is 1. The van der Waals surface area contributed by atoms with Gasteiger partial charge in [0.15, 0.2) is 5.17 Å². The average molecular weight is 415 g/mol. The van der Waals surface area contributed by atoms with Gasteiger partial charge < -0.3 is 4.74 Å². The number of thioether (sulfide) groups is 1. The van der Waals surface area contributed by atoms with Gasteiger partial charge in [-0.15, -0.1) is 0 Å². The first-order valence-corrected chi connectivity index (χ1v) is 11.2. The Bertz CT molecular complexity index is 1050. The third-order valence-electron chi connectivity index (χ3n) is 5.42. The van der Waals surface area contributed by atoms with Gasteiger partial charge in [0.25, 0.3) is 0 Å². The van der Waals surface area contributed by atoms with Crippen molar-refractivity contribution < 1.29 is 9.53 Å². The van der Waals surface area contributed by atoms with Crippen LogP contribution >= 0.6 is 11.8 Å². The summed E-state index contributed by atoms with van der Waals surface area (Å²) in [5.41, 5.74) is 2.98. The second-order valence-corrected chi connectivity index (χ2v) is 8.45. The molecule has 150 valence electrons. The predicted octanol–water partition coefficient (Wildman–Crippen LogP) is 5.45. The van der Waals surface area contributed by atoms with Crippen molar-refractivity contribution in [2.24, 2.45) is 4.99 Å². The predicted molar refractivity (Wildman–Crippen MR) is 121 cm³/mol. The number of amidine groups is 1. The highest BCUT2D eigenvalue weighted by Crippen LogP contribution is 2.45. The molecule has 30 heavy (non-hydrogen) atoms. The van der Waals surface area contributed by atoms with Crippen molar-refractivity contribution in [3.63, 3.8) is 0 Å². The fraction of sp³-hybridized carbons (Fsp3) is 0.200. The smallest absolute Gasteiger partial charge is 0.240 e. The molecule has 5 heteroatoms. The van der Waals surface area contributed by atoms with E-state index in [-0.39, 0.29) is 11.8 Å². The summed E-state index contributed by atoms with van der Waals surface area (Å²) in [5.74, 6) is 2.17. The molecule has 1 saturated heterocycles. The van der Waals surface area contributed by atoms with Crippen LogP contribution in [0, 0.1) is 0 Å². The van der Waals surface area contributed by atoms with Gasteiger partial charge in [-0.05, 0) is 24.1 Å². The van der Waals surface area contributed by atoms with Gasteiger partial charge >= 0.3 is 0 Å². The van der Waals surface area contributed by atoms with Gasteiger partial charge in [-0.2, -0.15) is 0 Å². The number of hydrogen-bond acceptors (Lipinski definition) is 4. The number of carbonyl (C=O) groups excluding carboxylic acids is 1. The van der Waals surface area contributed by atoms with Gasteiger partial charge in [0.2, 0.25) is 5.91 Å². The number of para-hydroxylation sites is 2. The van der Waals surface area contributed by atoms with E-state index in [1.165, 1.54) is 0 Å². The maximum Gasteiger partial charge on any atom is 0.240 e. The fourth-order valence-electron chi connectivity index (χ4n) is 3.97. The standard InChI is InChI=1S/C25H22N2O2S/c28-24(27-15-8-16-30-25(27)26-17-18-9-2-1-3-10-18)23-19-11-4-6-13-21(19)29-22-14-7-5-12-20(22)23/h1-7,9-14,23H,8,15-17H2. The molecule has 0 saturated carbocycles. The van der Waals surface area contributed by atoms with E-state index in [0.29, 0.717) is 13.1 Å². The summed E-state index contributed by atoms with van der Waals surface area (Å²) < 4.78 is 6.07. The van der Waals surface area contributed by atoms with Gasteiger partial charge in [-0.25, -0.2) is 0 Å². The molecular weight excluding hydrogens is 392 g/mol. The topological polar surface area (TPSA) is 41.9 Å². The molecule has 2 heterocycles. The van der Waals surface area contributed by atoms with E-state index in [0.717, 1.165) is 45.5 Å². The minimum absolute atomic E-state index is 0.0669. The van der Waals surface area contributed by atoms with Crippen LogP contribution in [0.25, 0.3) is 0 Å². The zero-order valence-corrected chi connectivity index (χ0v) is 17.3. The number of ether oxygens (including phenoxy) is 1. The Kier molecular flexibility index (Phi) is 5.28. The van der Waals surface area contributed by atoms with Crippen molar-refractivity contribution in [1.82, 2.24) is 4.90 Å². The number of fused-ring (bicyclic) bond motifs is 2. The monoisotopic (exact) mass is 414 g/mol. The fourth-order valence-corrected chi connectivity index (χ4v) is 4.92. The summed E-state index contributed by atoms with van der Waals surface area (Å²) in [7, 11) is 0. The molecule has 0 aromatic heterocycles. The summed E-state index contributed by atoms with van der Waals surface area (Å²) >= 11 is 1.67. The van der Waals surface area contributed by atoms with E-state index in [1.54, 1.807) is 11.8 Å². The van der Waals surface area contributed by atoms with Crippen LogP contribution in [0.15, 0.2) is 83.9 Å². The quantitative estimate of drug-likeness (QED) is 0.573. The summed E-state index contributed by atoms with van der Waals surface area (Å²) in [5, 5.41) is 0.816. The molecule has 1 fully saturated rings. The highest BCUT2D eigenvalue weighted by atomic mass is 32.2. The molecule has 1 amide bonds. The number of hydrogen-bond donors (Lipinski definition) is 0. The van der Waals surface area contributed by atoms with Crippen molar-refractivity contribution in [3.8, 4) is 11.5 Å². The van der Waals surface area contributed by atoms with Crippen molar-refractivity contribution >= 4 is 22.8 Å². The maximum absolute atomic E-state index is 13.9. The molecular formula is C25H22N2O2S. The lowest BCUT2D eigenvalue weighted by Crippen LogP contribution is -2.42. The van der Waals surface area contributed by atoms with Crippen LogP contribution in [0.4, 0.5) is 0 Å². The minimum atomic E-state index is -0.383. The number of rotatable bonds is 3. The van der Waals surface area contributed by atoms with Gasteiger partial charge in [0, 0.05) is 23.4 Å². The van der Waals surface area contributed by atoms with E-state index in [4.69, 9.17) is 9.73 Å². The van der Waals surface area contributed by atoms with Crippen LogP contribution in [-0.2, 0) is 11.3 Å². The minimum Gasteiger partial charge on any atom is -0.457 e. The lowest BCUT2D eigenvalue weighted by molar-refractivity contribution is -0.128. The second-order valence-electron chi connectivity index (χ2n) is 7.39. The first-order valence-electron chi connectivity index (χ1n) is 10.2. The normalized spacial score (nSPS) is 17.2. The Morgan fingerprint density at radius 1 is 0.933 bits per heavy atom. The molecule has 0 bridgehead atoms. The summed E-state index contributed by atoms with van der Waals surface area (Å²) in [6.45, 7) is 1.27.